The SMILES string of the molecule is CC1CCC(CNc2c(N)nc(/C(N)=N/C(=O)O)nc2-c2cccc(Cl)c2)CC1.C[C@@H]1COCCN1C. The maximum absolute atomic E-state index is 10.9. The Morgan fingerprint density at radius 1 is 1.27 bits per heavy atom. The lowest BCUT2D eigenvalue weighted by atomic mass is 9.83. The van der Waals surface area contributed by atoms with Crippen molar-refractivity contribution < 1.29 is 14.6 Å². The second-order valence-corrected chi connectivity index (χ2v) is 10.3. The molecule has 0 radical (unpaired) electrons. The fourth-order valence-corrected chi connectivity index (χ4v) is 4.54. The molecule has 1 saturated heterocycles. The summed E-state index contributed by atoms with van der Waals surface area (Å²) in [6.45, 7) is 8.11. The van der Waals surface area contributed by atoms with E-state index in [9.17, 15) is 4.79 Å². The number of anilines is 2. The van der Waals surface area contributed by atoms with Gasteiger partial charge in [-0.3, -0.25) is 4.90 Å². The highest BCUT2D eigenvalue weighted by Crippen LogP contribution is 2.33. The maximum Gasteiger partial charge on any atom is 0.433 e. The number of aliphatic imine (C=N–C) groups is 1. The van der Waals surface area contributed by atoms with Crippen LogP contribution >= 0.6 is 11.6 Å². The molecule has 1 aliphatic heterocycles. The number of likely N-dealkylation sites (N-methyl/N-ethyl adjacent to an activating group) is 1. The molecule has 6 N–H and O–H groups in total. The standard InChI is InChI=1S/C20H25ClN6O2.C6H13NO/c1-11-5-7-12(8-6-11)10-24-16-15(13-3-2-4-14(21)9-13)25-19(26-17(16)22)18(23)27-20(28)29;1-6-5-8-4-3-7(6)2/h2-4,9,11-12,24H,5-8,10H2,1H3,(H2,23,27)(H,28,29)(H2,22,25,26);6H,3-5H2,1-2H3/t;6-/m.1/s1. The lowest BCUT2D eigenvalue weighted by molar-refractivity contribution is 0.0131. The summed E-state index contributed by atoms with van der Waals surface area (Å²) in [7, 11) is 2.13. The van der Waals surface area contributed by atoms with Crippen molar-refractivity contribution in [2.45, 2.75) is 45.6 Å². The summed E-state index contributed by atoms with van der Waals surface area (Å²) in [6, 6.07) is 7.77. The van der Waals surface area contributed by atoms with Gasteiger partial charge in [-0.05, 0) is 50.8 Å². The average molecular weight is 532 g/mol. The molecule has 1 aromatic carbocycles. The van der Waals surface area contributed by atoms with Gasteiger partial charge in [0.15, 0.2) is 17.5 Å². The van der Waals surface area contributed by atoms with Gasteiger partial charge in [-0.1, -0.05) is 43.5 Å². The van der Waals surface area contributed by atoms with Gasteiger partial charge < -0.3 is 26.6 Å². The Morgan fingerprint density at radius 3 is 2.59 bits per heavy atom. The monoisotopic (exact) mass is 531 g/mol. The van der Waals surface area contributed by atoms with Gasteiger partial charge in [-0.2, -0.15) is 4.99 Å². The molecule has 10 nitrogen and oxygen atoms in total. The molecule has 2 aromatic rings. The van der Waals surface area contributed by atoms with Crippen LogP contribution in [0.3, 0.4) is 0 Å². The molecule has 11 heteroatoms. The predicted molar refractivity (Wildman–Crippen MR) is 148 cm³/mol. The number of amides is 1. The molecule has 2 heterocycles. The fraction of sp³-hybridized carbons (Fsp3) is 0.538. The number of hydrogen-bond acceptors (Lipinski definition) is 7. The number of benzene rings is 1. The Labute approximate surface area is 223 Å². The summed E-state index contributed by atoms with van der Waals surface area (Å²) in [5.74, 6) is 1.14. The number of nitrogens with zero attached hydrogens (tertiary/aromatic N) is 4. The highest BCUT2D eigenvalue weighted by molar-refractivity contribution is 6.30. The highest BCUT2D eigenvalue weighted by Gasteiger charge is 2.21. The van der Waals surface area contributed by atoms with Crippen molar-refractivity contribution in [3.63, 3.8) is 0 Å². The molecule has 202 valence electrons. The summed E-state index contributed by atoms with van der Waals surface area (Å²) in [5.41, 5.74) is 13.7. The quantitative estimate of drug-likeness (QED) is 0.326. The Hall–Kier alpha value is -2.95. The van der Waals surface area contributed by atoms with Crippen molar-refractivity contribution in [2.75, 3.05) is 44.4 Å². The molecule has 2 fully saturated rings. The number of rotatable bonds is 5. The van der Waals surface area contributed by atoms with Gasteiger partial charge in [-0.25, -0.2) is 14.8 Å². The van der Waals surface area contributed by atoms with Crippen molar-refractivity contribution >= 4 is 35.0 Å². The van der Waals surface area contributed by atoms with Crippen LogP contribution in [0, 0.1) is 11.8 Å². The zero-order chi connectivity index (χ0) is 26.9. The lowest BCUT2D eigenvalue weighted by Gasteiger charge is -2.29. The van der Waals surface area contributed by atoms with Crippen LogP contribution in [0.1, 0.15) is 45.4 Å². The minimum absolute atomic E-state index is 0.0445. The number of nitrogens with one attached hydrogen (secondary N) is 1. The summed E-state index contributed by atoms with van der Waals surface area (Å²) >= 11 is 6.15. The zero-order valence-corrected chi connectivity index (χ0v) is 22.5. The van der Waals surface area contributed by atoms with Crippen LogP contribution in [-0.2, 0) is 4.74 Å². The number of halogens is 1. The number of morpholine rings is 1. The molecule has 1 saturated carbocycles. The molecule has 37 heavy (non-hydrogen) atoms. The molecule has 0 bridgehead atoms. The van der Waals surface area contributed by atoms with Crippen LogP contribution in [0.5, 0.6) is 0 Å². The molecule has 1 amide bonds. The second-order valence-electron chi connectivity index (χ2n) is 9.86. The van der Waals surface area contributed by atoms with Gasteiger partial charge in [0.05, 0.1) is 18.9 Å². The van der Waals surface area contributed by atoms with Crippen molar-refractivity contribution in [3.8, 4) is 11.3 Å². The zero-order valence-electron chi connectivity index (χ0n) is 21.8. The normalized spacial score (nSPS) is 22.6. The van der Waals surface area contributed by atoms with Gasteiger partial charge in [-0.15, -0.1) is 0 Å². The Bertz CT molecular complexity index is 1080. The third-order valence-corrected chi connectivity index (χ3v) is 7.12. The topological polar surface area (TPSA) is 152 Å². The number of hydrogen-bond donors (Lipinski definition) is 4. The van der Waals surface area contributed by atoms with E-state index in [0.29, 0.717) is 28.4 Å². The first-order valence-corrected chi connectivity index (χ1v) is 13.0. The van der Waals surface area contributed by atoms with Gasteiger partial charge in [0, 0.05) is 29.7 Å². The summed E-state index contributed by atoms with van der Waals surface area (Å²) in [6.07, 6.45) is 3.35. The first-order valence-electron chi connectivity index (χ1n) is 12.7. The van der Waals surface area contributed by atoms with E-state index in [1.807, 2.05) is 6.07 Å². The molecule has 0 spiro atoms. The Morgan fingerprint density at radius 2 is 2.00 bits per heavy atom. The van der Waals surface area contributed by atoms with Crippen LogP contribution in [0.25, 0.3) is 11.3 Å². The van der Waals surface area contributed by atoms with E-state index in [4.69, 9.17) is 32.9 Å². The van der Waals surface area contributed by atoms with Crippen LogP contribution in [0.2, 0.25) is 5.02 Å². The maximum atomic E-state index is 10.9. The molecule has 0 unspecified atom stereocenters. The van der Waals surface area contributed by atoms with Crippen LogP contribution in [0.4, 0.5) is 16.3 Å². The smallest absolute Gasteiger partial charge is 0.433 e. The fourth-order valence-electron chi connectivity index (χ4n) is 4.35. The first-order chi connectivity index (χ1) is 17.6. The number of nitrogen functional groups attached to an aromatic ring is 1. The van der Waals surface area contributed by atoms with E-state index < -0.39 is 6.09 Å². The molecular weight excluding hydrogens is 494 g/mol. The van der Waals surface area contributed by atoms with E-state index in [1.54, 1.807) is 18.2 Å². The molecule has 1 aliphatic carbocycles. The Kier molecular flexibility index (Phi) is 10.5. The van der Waals surface area contributed by atoms with Crippen LogP contribution in [0.15, 0.2) is 29.3 Å². The number of aromatic nitrogens is 2. The number of amidine groups is 1. The lowest BCUT2D eigenvalue weighted by Crippen LogP contribution is -2.40. The molecular formula is C26H38ClN7O3. The number of nitrogens with two attached hydrogens (primary N) is 2. The third kappa shape index (κ3) is 8.55. The molecule has 2 aliphatic rings. The van der Waals surface area contributed by atoms with Gasteiger partial charge in [0.25, 0.3) is 0 Å². The Balaban J connectivity index is 0.000000405. The second kappa shape index (κ2) is 13.6. The van der Waals surface area contributed by atoms with E-state index >= 15 is 0 Å². The summed E-state index contributed by atoms with van der Waals surface area (Å²) in [5, 5.41) is 12.8. The van der Waals surface area contributed by atoms with E-state index in [1.165, 1.54) is 12.8 Å². The van der Waals surface area contributed by atoms with Crippen LogP contribution in [-0.4, -0.2) is 71.3 Å². The number of carboxylic acid groups (broad SMARTS) is 1. The van der Waals surface area contributed by atoms with Gasteiger partial charge in [0.1, 0.15) is 5.69 Å². The summed E-state index contributed by atoms with van der Waals surface area (Å²) in [4.78, 5) is 25.0. The predicted octanol–water partition coefficient (Wildman–Crippen LogP) is 4.34. The van der Waals surface area contributed by atoms with E-state index in [0.717, 1.165) is 50.6 Å². The summed E-state index contributed by atoms with van der Waals surface area (Å²) < 4.78 is 5.21. The first kappa shape index (κ1) is 28.6. The number of carbonyl (C=O) groups is 1. The average Bonchev–Trinajstić information content (AvgIpc) is 2.85. The minimum atomic E-state index is -1.43. The van der Waals surface area contributed by atoms with Gasteiger partial charge in [0.2, 0.25) is 0 Å². The van der Waals surface area contributed by atoms with E-state index in [2.05, 4.69) is 46.1 Å². The number of ether oxygens (including phenoxy) is 1. The minimum Gasteiger partial charge on any atom is -0.463 e. The van der Waals surface area contributed by atoms with E-state index in [-0.39, 0.29) is 17.5 Å². The molecule has 4 rings (SSSR count). The van der Waals surface area contributed by atoms with Gasteiger partial charge >= 0.3 is 6.09 Å². The van der Waals surface area contributed by atoms with Crippen molar-refractivity contribution in [2.24, 2.45) is 22.6 Å². The third-order valence-electron chi connectivity index (χ3n) is 6.88. The largest absolute Gasteiger partial charge is 0.463 e. The van der Waals surface area contributed by atoms with Crippen molar-refractivity contribution in [3.05, 3.63) is 35.1 Å². The molecule has 1 atom stereocenters. The highest BCUT2D eigenvalue weighted by atomic mass is 35.5. The van der Waals surface area contributed by atoms with Crippen molar-refractivity contribution in [1.82, 2.24) is 14.9 Å². The van der Waals surface area contributed by atoms with Crippen LogP contribution < -0.4 is 16.8 Å². The van der Waals surface area contributed by atoms with Crippen molar-refractivity contribution in [1.29, 1.82) is 0 Å². The molecule has 1 aromatic heterocycles.